The first-order valence-electron chi connectivity index (χ1n) is 5.32. The number of nitrogens with zero attached hydrogens (tertiary/aromatic N) is 1. The Bertz CT molecular complexity index is 394. The lowest BCUT2D eigenvalue weighted by Crippen LogP contribution is -2.27. The summed E-state index contributed by atoms with van der Waals surface area (Å²) in [5.74, 6) is 1.24. The molecule has 2 amide bonds. The molecule has 0 aliphatic rings. The molecule has 4 nitrogen and oxygen atoms in total. The van der Waals surface area contributed by atoms with E-state index in [4.69, 9.17) is 16.3 Å². The molecule has 0 atom stereocenters. The van der Waals surface area contributed by atoms with Gasteiger partial charge in [-0.3, -0.25) is 0 Å². The maximum absolute atomic E-state index is 11.4. The van der Waals surface area contributed by atoms with Crippen molar-refractivity contribution in [3.63, 3.8) is 0 Å². The smallest absolute Gasteiger partial charge is 0.321 e. The summed E-state index contributed by atoms with van der Waals surface area (Å²) >= 11 is 5.55. The summed E-state index contributed by atoms with van der Waals surface area (Å²) in [7, 11) is 3.39. The van der Waals surface area contributed by atoms with Crippen molar-refractivity contribution < 1.29 is 9.53 Å². The highest BCUT2D eigenvalue weighted by molar-refractivity contribution is 6.18. The van der Waals surface area contributed by atoms with Gasteiger partial charge in [-0.1, -0.05) is 0 Å². The number of amides is 2. The number of benzene rings is 1. The van der Waals surface area contributed by atoms with Gasteiger partial charge in [-0.25, -0.2) is 4.79 Å². The summed E-state index contributed by atoms with van der Waals surface area (Å²) in [4.78, 5) is 12.9. The van der Waals surface area contributed by atoms with Crippen molar-refractivity contribution in [2.75, 3.05) is 31.9 Å². The summed E-state index contributed by atoms with van der Waals surface area (Å²) in [6.07, 6.45) is 0. The standard InChI is InChI=1S/C12H17ClN2O2/c1-9-8-10(14-12(16)15(2)3)4-5-11(9)17-7-6-13/h4-5,8H,6-7H2,1-3H3,(H,14,16). The molecule has 1 rings (SSSR count). The van der Waals surface area contributed by atoms with E-state index >= 15 is 0 Å². The first kappa shape index (κ1) is 13.6. The van der Waals surface area contributed by atoms with E-state index in [1.54, 1.807) is 20.2 Å². The normalized spacial score (nSPS) is 9.88. The molecule has 94 valence electrons. The SMILES string of the molecule is Cc1cc(NC(=O)N(C)C)ccc1OCCCl. The van der Waals surface area contributed by atoms with Gasteiger partial charge in [0.05, 0.1) is 5.88 Å². The van der Waals surface area contributed by atoms with Crippen LogP contribution in [0.4, 0.5) is 10.5 Å². The van der Waals surface area contributed by atoms with Gasteiger partial charge in [-0.2, -0.15) is 0 Å². The minimum atomic E-state index is -0.154. The van der Waals surface area contributed by atoms with Crippen LogP contribution >= 0.6 is 11.6 Å². The summed E-state index contributed by atoms with van der Waals surface area (Å²) in [5.41, 5.74) is 1.71. The molecule has 0 aliphatic heterocycles. The van der Waals surface area contributed by atoms with Gasteiger partial charge >= 0.3 is 6.03 Å². The average Bonchev–Trinajstić information content (AvgIpc) is 2.28. The summed E-state index contributed by atoms with van der Waals surface area (Å²) in [6.45, 7) is 2.40. The Morgan fingerprint density at radius 3 is 2.71 bits per heavy atom. The Morgan fingerprint density at radius 1 is 1.47 bits per heavy atom. The van der Waals surface area contributed by atoms with E-state index in [1.807, 2.05) is 19.1 Å². The van der Waals surface area contributed by atoms with E-state index in [1.165, 1.54) is 4.90 Å². The zero-order chi connectivity index (χ0) is 12.8. The van der Waals surface area contributed by atoms with Crippen molar-refractivity contribution in [1.82, 2.24) is 4.90 Å². The monoisotopic (exact) mass is 256 g/mol. The van der Waals surface area contributed by atoms with Gasteiger partial charge in [0.15, 0.2) is 0 Å². The van der Waals surface area contributed by atoms with Crippen molar-refractivity contribution in [3.8, 4) is 5.75 Å². The number of carbonyl (C=O) groups excluding carboxylic acids is 1. The zero-order valence-corrected chi connectivity index (χ0v) is 11.0. The van der Waals surface area contributed by atoms with Crippen LogP contribution < -0.4 is 10.1 Å². The third-order valence-corrected chi connectivity index (χ3v) is 2.32. The highest BCUT2D eigenvalue weighted by Gasteiger charge is 2.06. The second-order valence-corrected chi connectivity index (χ2v) is 4.22. The first-order chi connectivity index (χ1) is 8.04. The molecular formula is C12H17ClN2O2. The van der Waals surface area contributed by atoms with E-state index in [0.29, 0.717) is 12.5 Å². The highest BCUT2D eigenvalue weighted by Crippen LogP contribution is 2.22. The van der Waals surface area contributed by atoms with Crippen LogP contribution in [-0.4, -0.2) is 37.5 Å². The second kappa shape index (κ2) is 6.35. The number of nitrogens with one attached hydrogen (secondary N) is 1. The van der Waals surface area contributed by atoms with Crippen LogP contribution in [0.5, 0.6) is 5.75 Å². The molecule has 0 heterocycles. The van der Waals surface area contributed by atoms with Gasteiger partial charge in [0.2, 0.25) is 0 Å². The first-order valence-corrected chi connectivity index (χ1v) is 5.85. The number of anilines is 1. The Labute approximate surface area is 107 Å². The molecule has 0 aromatic heterocycles. The molecule has 0 radical (unpaired) electrons. The van der Waals surface area contributed by atoms with E-state index in [9.17, 15) is 4.79 Å². The number of carbonyl (C=O) groups is 1. The third-order valence-electron chi connectivity index (χ3n) is 2.17. The molecule has 1 aromatic carbocycles. The maximum atomic E-state index is 11.4. The number of halogens is 1. The van der Waals surface area contributed by atoms with Crippen LogP contribution in [0, 0.1) is 6.92 Å². The summed E-state index contributed by atoms with van der Waals surface area (Å²) in [6, 6.07) is 5.34. The molecule has 1 aromatic rings. The maximum Gasteiger partial charge on any atom is 0.321 e. The molecule has 0 unspecified atom stereocenters. The number of hydrogen-bond donors (Lipinski definition) is 1. The molecule has 5 heteroatoms. The van der Waals surface area contributed by atoms with E-state index in [2.05, 4.69) is 5.32 Å². The second-order valence-electron chi connectivity index (χ2n) is 3.84. The number of hydrogen-bond acceptors (Lipinski definition) is 2. The zero-order valence-electron chi connectivity index (χ0n) is 10.3. The largest absolute Gasteiger partial charge is 0.492 e. The molecule has 1 N–H and O–H groups in total. The van der Waals surface area contributed by atoms with Crippen molar-refractivity contribution in [2.24, 2.45) is 0 Å². The predicted octanol–water partition coefficient (Wildman–Crippen LogP) is 2.71. The third kappa shape index (κ3) is 4.15. The van der Waals surface area contributed by atoms with Gasteiger partial charge in [0.25, 0.3) is 0 Å². The van der Waals surface area contributed by atoms with Gasteiger partial charge in [-0.15, -0.1) is 11.6 Å². The van der Waals surface area contributed by atoms with Gasteiger partial charge < -0.3 is 15.0 Å². The van der Waals surface area contributed by atoms with Crippen LogP contribution in [0.2, 0.25) is 0 Å². The van der Waals surface area contributed by atoms with Crippen molar-refractivity contribution in [2.45, 2.75) is 6.92 Å². The molecule has 0 bridgehead atoms. The van der Waals surface area contributed by atoms with Crippen LogP contribution in [0.3, 0.4) is 0 Å². The lowest BCUT2D eigenvalue weighted by atomic mass is 10.2. The van der Waals surface area contributed by atoms with Crippen molar-refractivity contribution in [1.29, 1.82) is 0 Å². The fourth-order valence-corrected chi connectivity index (χ4v) is 1.35. The molecule has 0 saturated carbocycles. The van der Waals surface area contributed by atoms with E-state index in [0.717, 1.165) is 17.0 Å². The lowest BCUT2D eigenvalue weighted by molar-refractivity contribution is 0.230. The lowest BCUT2D eigenvalue weighted by Gasteiger charge is -2.13. The minimum absolute atomic E-state index is 0.154. The number of alkyl halides is 1. The summed E-state index contributed by atoms with van der Waals surface area (Å²) < 4.78 is 5.44. The Morgan fingerprint density at radius 2 is 2.18 bits per heavy atom. The fourth-order valence-electron chi connectivity index (χ4n) is 1.27. The molecule has 0 spiro atoms. The molecule has 0 saturated heterocycles. The van der Waals surface area contributed by atoms with Gasteiger partial charge in [-0.05, 0) is 30.7 Å². The Balaban J connectivity index is 2.71. The van der Waals surface area contributed by atoms with Crippen LogP contribution in [0.1, 0.15) is 5.56 Å². The Kier molecular flexibility index (Phi) is 5.10. The van der Waals surface area contributed by atoms with E-state index in [-0.39, 0.29) is 6.03 Å². The molecule has 0 aliphatic carbocycles. The summed E-state index contributed by atoms with van der Waals surface area (Å²) in [5, 5.41) is 2.77. The fraction of sp³-hybridized carbons (Fsp3) is 0.417. The number of aryl methyl sites for hydroxylation is 1. The molecule has 17 heavy (non-hydrogen) atoms. The molecule has 0 fully saturated rings. The van der Waals surface area contributed by atoms with Crippen LogP contribution in [0.25, 0.3) is 0 Å². The van der Waals surface area contributed by atoms with E-state index < -0.39 is 0 Å². The number of rotatable bonds is 4. The van der Waals surface area contributed by atoms with Gasteiger partial charge in [0.1, 0.15) is 12.4 Å². The van der Waals surface area contributed by atoms with Crippen LogP contribution in [-0.2, 0) is 0 Å². The average molecular weight is 257 g/mol. The topological polar surface area (TPSA) is 41.6 Å². The minimum Gasteiger partial charge on any atom is -0.492 e. The van der Waals surface area contributed by atoms with Gasteiger partial charge in [0, 0.05) is 19.8 Å². The van der Waals surface area contributed by atoms with Crippen molar-refractivity contribution >= 4 is 23.3 Å². The molecular weight excluding hydrogens is 240 g/mol. The number of urea groups is 1. The predicted molar refractivity (Wildman–Crippen MR) is 70.1 cm³/mol. The Hall–Kier alpha value is -1.42. The van der Waals surface area contributed by atoms with Crippen molar-refractivity contribution in [3.05, 3.63) is 23.8 Å². The quantitative estimate of drug-likeness (QED) is 0.842. The highest BCUT2D eigenvalue weighted by atomic mass is 35.5. The van der Waals surface area contributed by atoms with Crippen LogP contribution in [0.15, 0.2) is 18.2 Å². The number of ether oxygens (including phenoxy) is 1.